The fourth-order valence-electron chi connectivity index (χ4n) is 2.75. The summed E-state index contributed by atoms with van der Waals surface area (Å²) in [5.41, 5.74) is 4.18. The molecule has 0 saturated carbocycles. The van der Waals surface area contributed by atoms with E-state index in [1.54, 1.807) is 7.11 Å². The first-order chi connectivity index (χ1) is 9.27. The molecule has 106 valence electrons. The van der Waals surface area contributed by atoms with Crippen LogP contribution in [0.2, 0.25) is 0 Å². The van der Waals surface area contributed by atoms with Gasteiger partial charge >= 0.3 is 0 Å². The highest BCUT2D eigenvalue weighted by Crippen LogP contribution is 2.32. The largest absolute Gasteiger partial charge is 0.385 e. The van der Waals surface area contributed by atoms with Gasteiger partial charge in [-0.2, -0.15) is 0 Å². The van der Waals surface area contributed by atoms with Crippen LogP contribution in [0.5, 0.6) is 0 Å². The van der Waals surface area contributed by atoms with Crippen LogP contribution in [0.1, 0.15) is 32.3 Å². The van der Waals surface area contributed by atoms with Gasteiger partial charge in [0.15, 0.2) is 0 Å². The molecule has 0 fully saturated rings. The van der Waals surface area contributed by atoms with Crippen LogP contribution < -0.4 is 10.2 Å². The lowest BCUT2D eigenvalue weighted by Crippen LogP contribution is -2.36. The number of fused-ring (bicyclic) bond motifs is 1. The van der Waals surface area contributed by atoms with Crippen molar-refractivity contribution in [3.05, 3.63) is 23.8 Å². The molecule has 19 heavy (non-hydrogen) atoms. The minimum absolute atomic E-state index is 0.545. The molecule has 0 aliphatic carbocycles. The Morgan fingerprint density at radius 2 is 2.26 bits per heavy atom. The number of nitrogens with one attached hydrogen (secondary N) is 1. The van der Waals surface area contributed by atoms with E-state index in [9.17, 15) is 0 Å². The lowest BCUT2D eigenvalue weighted by molar-refractivity contribution is 0.203. The van der Waals surface area contributed by atoms with E-state index in [-0.39, 0.29) is 0 Å². The third-order valence-electron chi connectivity index (χ3n) is 4.04. The Hall–Kier alpha value is -1.22. The smallest absolute Gasteiger partial charge is 0.0637 e. The predicted octanol–water partition coefficient (Wildman–Crippen LogP) is 3.30. The van der Waals surface area contributed by atoms with Gasteiger partial charge in [0, 0.05) is 37.6 Å². The molecule has 1 unspecified atom stereocenters. The summed E-state index contributed by atoms with van der Waals surface area (Å²) < 4.78 is 5.28. The van der Waals surface area contributed by atoms with Crippen molar-refractivity contribution in [3.63, 3.8) is 0 Å². The van der Waals surface area contributed by atoms with E-state index in [4.69, 9.17) is 4.74 Å². The Labute approximate surface area is 116 Å². The molecule has 0 saturated heterocycles. The summed E-state index contributed by atoms with van der Waals surface area (Å²) in [6.45, 7) is 7.38. The van der Waals surface area contributed by atoms with E-state index in [1.807, 2.05) is 0 Å². The second-order valence-electron chi connectivity index (χ2n) is 5.28. The zero-order valence-electron chi connectivity index (χ0n) is 12.4. The zero-order chi connectivity index (χ0) is 13.7. The third-order valence-corrected chi connectivity index (χ3v) is 4.04. The van der Waals surface area contributed by atoms with E-state index in [0.29, 0.717) is 6.04 Å². The molecule has 1 N–H and O–H groups in total. The quantitative estimate of drug-likeness (QED) is 0.851. The lowest BCUT2D eigenvalue weighted by atomic mass is 9.99. The van der Waals surface area contributed by atoms with Crippen molar-refractivity contribution in [1.29, 1.82) is 0 Å². The molecule has 0 amide bonds. The van der Waals surface area contributed by atoms with Gasteiger partial charge in [-0.3, -0.25) is 0 Å². The highest BCUT2D eigenvalue weighted by molar-refractivity contribution is 5.68. The van der Waals surface area contributed by atoms with Gasteiger partial charge in [0.05, 0.1) is 6.61 Å². The minimum Gasteiger partial charge on any atom is -0.385 e. The average Bonchev–Trinajstić information content (AvgIpc) is 2.47. The SMILES string of the molecule is CCC(C)N(CCOC)c1cccc2c1CCCN2. The van der Waals surface area contributed by atoms with Crippen molar-refractivity contribution in [2.45, 2.75) is 39.2 Å². The number of anilines is 2. The first kappa shape index (κ1) is 14.2. The zero-order valence-corrected chi connectivity index (χ0v) is 12.4. The lowest BCUT2D eigenvalue weighted by Gasteiger charge is -2.34. The standard InChI is InChI=1S/C16H26N2O/c1-4-13(2)18(11-12-19-3)16-9-5-8-15-14(16)7-6-10-17-15/h5,8-9,13,17H,4,6-7,10-12H2,1-3H3. The summed E-state index contributed by atoms with van der Waals surface area (Å²) in [6.07, 6.45) is 3.56. The average molecular weight is 262 g/mol. The molecule has 0 radical (unpaired) electrons. The molecule has 2 rings (SSSR count). The number of methoxy groups -OCH3 is 1. The Kier molecular flexibility index (Phi) is 5.08. The van der Waals surface area contributed by atoms with Gasteiger partial charge in [-0.25, -0.2) is 0 Å². The highest BCUT2D eigenvalue weighted by atomic mass is 16.5. The molecular formula is C16H26N2O. The summed E-state index contributed by atoms with van der Waals surface area (Å²) in [5, 5.41) is 3.51. The summed E-state index contributed by atoms with van der Waals surface area (Å²) in [5.74, 6) is 0. The van der Waals surface area contributed by atoms with E-state index in [1.165, 1.54) is 29.8 Å². The second-order valence-corrected chi connectivity index (χ2v) is 5.28. The van der Waals surface area contributed by atoms with E-state index >= 15 is 0 Å². The molecule has 3 nitrogen and oxygen atoms in total. The van der Waals surface area contributed by atoms with Crippen LogP contribution >= 0.6 is 0 Å². The summed E-state index contributed by atoms with van der Waals surface area (Å²) in [7, 11) is 1.77. The van der Waals surface area contributed by atoms with Crippen LogP contribution in [0.25, 0.3) is 0 Å². The molecule has 1 aromatic carbocycles. The normalized spacial score (nSPS) is 15.5. The van der Waals surface area contributed by atoms with Crippen LogP contribution in [0.4, 0.5) is 11.4 Å². The highest BCUT2D eigenvalue weighted by Gasteiger charge is 2.19. The Morgan fingerprint density at radius 1 is 1.42 bits per heavy atom. The number of nitrogens with zero attached hydrogens (tertiary/aromatic N) is 1. The van der Waals surface area contributed by atoms with Crippen LogP contribution in [0, 0.1) is 0 Å². The van der Waals surface area contributed by atoms with Crippen molar-refractivity contribution < 1.29 is 4.74 Å². The molecule has 1 aliphatic heterocycles. The van der Waals surface area contributed by atoms with Crippen molar-refractivity contribution in [2.24, 2.45) is 0 Å². The van der Waals surface area contributed by atoms with Crippen molar-refractivity contribution >= 4 is 11.4 Å². The van der Waals surface area contributed by atoms with E-state index in [0.717, 1.165) is 26.1 Å². The van der Waals surface area contributed by atoms with Gasteiger partial charge in [0.25, 0.3) is 0 Å². The Morgan fingerprint density at radius 3 is 3.00 bits per heavy atom. The first-order valence-corrected chi connectivity index (χ1v) is 7.39. The molecule has 3 heteroatoms. The molecule has 0 bridgehead atoms. The summed E-state index contributed by atoms with van der Waals surface area (Å²) in [6, 6.07) is 7.16. The monoisotopic (exact) mass is 262 g/mol. The maximum absolute atomic E-state index is 5.28. The van der Waals surface area contributed by atoms with Gasteiger partial charge in [-0.05, 0) is 43.9 Å². The predicted molar refractivity (Wildman–Crippen MR) is 82.2 cm³/mol. The topological polar surface area (TPSA) is 24.5 Å². The third kappa shape index (κ3) is 3.21. The second kappa shape index (κ2) is 6.80. The van der Waals surface area contributed by atoms with Crippen molar-refractivity contribution in [2.75, 3.05) is 37.0 Å². The number of hydrogen-bond acceptors (Lipinski definition) is 3. The van der Waals surface area contributed by atoms with Gasteiger partial charge in [0.1, 0.15) is 0 Å². The summed E-state index contributed by atoms with van der Waals surface area (Å²) in [4.78, 5) is 2.50. The van der Waals surface area contributed by atoms with Crippen LogP contribution in [0.3, 0.4) is 0 Å². The number of ether oxygens (including phenoxy) is 1. The molecule has 0 spiro atoms. The van der Waals surface area contributed by atoms with Crippen molar-refractivity contribution in [3.8, 4) is 0 Å². The Bertz CT molecular complexity index is 406. The van der Waals surface area contributed by atoms with Gasteiger partial charge in [0.2, 0.25) is 0 Å². The molecule has 1 aliphatic rings. The number of hydrogen-bond donors (Lipinski definition) is 1. The summed E-state index contributed by atoms with van der Waals surface area (Å²) >= 11 is 0. The molecular weight excluding hydrogens is 236 g/mol. The molecule has 1 aromatic rings. The van der Waals surface area contributed by atoms with E-state index in [2.05, 4.69) is 42.3 Å². The van der Waals surface area contributed by atoms with Crippen molar-refractivity contribution in [1.82, 2.24) is 0 Å². The van der Waals surface area contributed by atoms with Gasteiger partial charge < -0.3 is 15.0 Å². The maximum Gasteiger partial charge on any atom is 0.0637 e. The maximum atomic E-state index is 5.28. The molecule has 1 heterocycles. The van der Waals surface area contributed by atoms with Gasteiger partial charge in [-0.1, -0.05) is 13.0 Å². The molecule has 0 aromatic heterocycles. The molecule has 1 atom stereocenters. The van der Waals surface area contributed by atoms with Gasteiger partial charge in [-0.15, -0.1) is 0 Å². The van der Waals surface area contributed by atoms with E-state index < -0.39 is 0 Å². The first-order valence-electron chi connectivity index (χ1n) is 7.39. The number of rotatable bonds is 6. The number of benzene rings is 1. The minimum atomic E-state index is 0.545. The fourth-order valence-corrected chi connectivity index (χ4v) is 2.75. The van der Waals surface area contributed by atoms with Crippen LogP contribution in [0.15, 0.2) is 18.2 Å². The van der Waals surface area contributed by atoms with Crippen LogP contribution in [-0.2, 0) is 11.2 Å². The Balaban J connectivity index is 2.29. The van der Waals surface area contributed by atoms with Crippen LogP contribution in [-0.4, -0.2) is 32.8 Å². The fraction of sp³-hybridized carbons (Fsp3) is 0.625.